The van der Waals surface area contributed by atoms with Crippen molar-refractivity contribution in [2.45, 2.75) is 52.0 Å². The summed E-state index contributed by atoms with van der Waals surface area (Å²) in [5, 5.41) is 13.7. The van der Waals surface area contributed by atoms with E-state index in [1.165, 1.54) is 19.3 Å². The van der Waals surface area contributed by atoms with E-state index < -0.39 is 0 Å². The van der Waals surface area contributed by atoms with E-state index in [1.54, 1.807) is 12.3 Å². The van der Waals surface area contributed by atoms with Crippen molar-refractivity contribution < 1.29 is 5.11 Å². The van der Waals surface area contributed by atoms with Gasteiger partial charge in [-0.3, -0.25) is 4.98 Å². The van der Waals surface area contributed by atoms with Crippen molar-refractivity contribution in [1.29, 1.82) is 0 Å². The first-order valence-corrected chi connectivity index (χ1v) is 8.49. The molecular weight excluding hydrogens is 286 g/mol. The van der Waals surface area contributed by atoms with Crippen molar-refractivity contribution in [3.8, 4) is 17.0 Å². The van der Waals surface area contributed by atoms with E-state index in [1.807, 2.05) is 19.9 Å². The van der Waals surface area contributed by atoms with Crippen LogP contribution in [-0.4, -0.2) is 27.7 Å². The molecule has 4 nitrogen and oxygen atoms in total. The van der Waals surface area contributed by atoms with Crippen LogP contribution in [0.25, 0.3) is 11.3 Å². The van der Waals surface area contributed by atoms with Crippen LogP contribution in [0.15, 0.2) is 24.4 Å². The molecule has 4 heteroatoms. The zero-order chi connectivity index (χ0) is 16.2. The number of phenolic OH excluding ortho intramolecular Hbond substituents is 1. The summed E-state index contributed by atoms with van der Waals surface area (Å²) in [7, 11) is 0. The maximum atomic E-state index is 10.1. The SMILES string of the molecule is Cc1cnc(C)c(-c2cc(O)cc(CC[C@H]3CCCCN3)c2)n1. The maximum absolute atomic E-state index is 10.1. The zero-order valence-corrected chi connectivity index (χ0v) is 14.0. The van der Waals surface area contributed by atoms with E-state index in [-0.39, 0.29) is 0 Å². The lowest BCUT2D eigenvalue weighted by molar-refractivity contribution is 0.382. The van der Waals surface area contributed by atoms with E-state index in [2.05, 4.69) is 21.4 Å². The van der Waals surface area contributed by atoms with E-state index in [0.717, 1.165) is 47.6 Å². The highest BCUT2D eigenvalue weighted by molar-refractivity contribution is 5.64. The Morgan fingerprint density at radius 1 is 1.22 bits per heavy atom. The Balaban J connectivity index is 1.79. The maximum Gasteiger partial charge on any atom is 0.116 e. The molecule has 122 valence electrons. The molecule has 1 saturated heterocycles. The van der Waals surface area contributed by atoms with Crippen molar-refractivity contribution in [1.82, 2.24) is 15.3 Å². The standard InChI is InChI=1S/C19H25N3O/c1-13-12-21-14(2)19(22-13)16-9-15(10-18(23)11-16)6-7-17-5-3-4-8-20-17/h9-12,17,20,23H,3-8H2,1-2H3/t17-/m1/s1. The van der Waals surface area contributed by atoms with Crippen LogP contribution in [0, 0.1) is 13.8 Å². The summed E-state index contributed by atoms with van der Waals surface area (Å²) in [5.74, 6) is 0.303. The largest absolute Gasteiger partial charge is 0.508 e. The summed E-state index contributed by atoms with van der Waals surface area (Å²) in [5.41, 5.74) is 4.75. The van der Waals surface area contributed by atoms with Crippen LogP contribution in [0.1, 0.15) is 42.6 Å². The van der Waals surface area contributed by atoms with Gasteiger partial charge in [0.2, 0.25) is 0 Å². The Morgan fingerprint density at radius 2 is 2.09 bits per heavy atom. The molecule has 0 bridgehead atoms. The Morgan fingerprint density at radius 3 is 2.87 bits per heavy atom. The third kappa shape index (κ3) is 4.08. The molecule has 0 unspecified atom stereocenters. The summed E-state index contributed by atoms with van der Waals surface area (Å²) >= 11 is 0. The lowest BCUT2D eigenvalue weighted by Gasteiger charge is -2.23. The minimum Gasteiger partial charge on any atom is -0.508 e. The van der Waals surface area contributed by atoms with Gasteiger partial charge < -0.3 is 10.4 Å². The van der Waals surface area contributed by atoms with Gasteiger partial charge in [-0.1, -0.05) is 6.42 Å². The highest BCUT2D eigenvalue weighted by Gasteiger charge is 2.13. The second-order valence-corrected chi connectivity index (χ2v) is 6.52. The van der Waals surface area contributed by atoms with E-state index >= 15 is 0 Å². The van der Waals surface area contributed by atoms with Crippen LogP contribution in [-0.2, 0) is 6.42 Å². The van der Waals surface area contributed by atoms with Gasteiger partial charge in [0, 0.05) is 17.8 Å². The summed E-state index contributed by atoms with van der Waals surface area (Å²) in [4.78, 5) is 8.97. The van der Waals surface area contributed by atoms with Gasteiger partial charge in [-0.15, -0.1) is 0 Å². The Hall–Kier alpha value is -1.94. The molecule has 1 atom stereocenters. The van der Waals surface area contributed by atoms with Crippen LogP contribution < -0.4 is 5.32 Å². The number of benzene rings is 1. The van der Waals surface area contributed by atoms with Crippen LogP contribution in [0.4, 0.5) is 0 Å². The van der Waals surface area contributed by atoms with Crippen molar-refractivity contribution >= 4 is 0 Å². The van der Waals surface area contributed by atoms with E-state index in [0.29, 0.717) is 11.8 Å². The number of aromatic hydroxyl groups is 1. The topological polar surface area (TPSA) is 58.0 Å². The minimum absolute atomic E-state index is 0.303. The van der Waals surface area contributed by atoms with Gasteiger partial charge in [-0.2, -0.15) is 0 Å². The fraction of sp³-hybridized carbons (Fsp3) is 0.474. The molecule has 0 radical (unpaired) electrons. The fourth-order valence-electron chi connectivity index (χ4n) is 3.28. The number of aryl methyl sites for hydroxylation is 3. The molecular formula is C19H25N3O. The number of piperidine rings is 1. The number of nitrogens with zero attached hydrogens (tertiary/aromatic N) is 2. The van der Waals surface area contributed by atoms with Gasteiger partial charge in [0.25, 0.3) is 0 Å². The van der Waals surface area contributed by atoms with Crippen molar-refractivity contribution in [2.24, 2.45) is 0 Å². The molecule has 23 heavy (non-hydrogen) atoms. The Labute approximate surface area is 138 Å². The number of hydrogen-bond acceptors (Lipinski definition) is 4. The summed E-state index contributed by atoms with van der Waals surface area (Å²) in [6, 6.07) is 6.39. The molecule has 0 saturated carbocycles. The van der Waals surface area contributed by atoms with Gasteiger partial charge >= 0.3 is 0 Å². The first-order chi connectivity index (χ1) is 11.1. The first kappa shape index (κ1) is 15.9. The third-order valence-corrected chi connectivity index (χ3v) is 4.52. The highest BCUT2D eigenvalue weighted by Crippen LogP contribution is 2.27. The second kappa shape index (κ2) is 7.09. The lowest BCUT2D eigenvalue weighted by atomic mass is 9.96. The Bertz CT molecular complexity index is 678. The van der Waals surface area contributed by atoms with Gasteiger partial charge in [0.05, 0.1) is 17.1 Å². The zero-order valence-electron chi connectivity index (χ0n) is 14.0. The normalized spacial score (nSPS) is 18.1. The van der Waals surface area contributed by atoms with Gasteiger partial charge in [-0.05, 0) is 69.8 Å². The number of rotatable bonds is 4. The molecule has 3 rings (SSSR count). The fourth-order valence-corrected chi connectivity index (χ4v) is 3.28. The van der Waals surface area contributed by atoms with Gasteiger partial charge in [0.1, 0.15) is 5.75 Å². The molecule has 0 spiro atoms. The van der Waals surface area contributed by atoms with Crippen LogP contribution in [0.3, 0.4) is 0 Å². The van der Waals surface area contributed by atoms with Crippen molar-refractivity contribution in [3.05, 3.63) is 41.3 Å². The smallest absolute Gasteiger partial charge is 0.116 e. The average molecular weight is 311 g/mol. The summed E-state index contributed by atoms with van der Waals surface area (Å²) < 4.78 is 0. The molecule has 1 aromatic heterocycles. The summed E-state index contributed by atoms with van der Waals surface area (Å²) in [6.45, 7) is 5.03. The molecule has 2 N–H and O–H groups in total. The van der Waals surface area contributed by atoms with Crippen LogP contribution in [0.5, 0.6) is 5.75 Å². The van der Waals surface area contributed by atoms with Crippen molar-refractivity contribution in [3.63, 3.8) is 0 Å². The van der Waals surface area contributed by atoms with Crippen LogP contribution >= 0.6 is 0 Å². The van der Waals surface area contributed by atoms with Gasteiger partial charge in [-0.25, -0.2) is 4.98 Å². The van der Waals surface area contributed by atoms with Gasteiger partial charge in [0.15, 0.2) is 0 Å². The summed E-state index contributed by atoms with van der Waals surface area (Å²) in [6.07, 6.45) is 7.73. The van der Waals surface area contributed by atoms with Crippen LogP contribution in [0.2, 0.25) is 0 Å². The molecule has 2 aromatic rings. The average Bonchev–Trinajstić information content (AvgIpc) is 2.56. The number of nitrogens with one attached hydrogen (secondary N) is 1. The monoisotopic (exact) mass is 311 g/mol. The number of phenols is 1. The Kier molecular flexibility index (Phi) is 4.91. The molecule has 2 heterocycles. The number of hydrogen-bond donors (Lipinski definition) is 2. The third-order valence-electron chi connectivity index (χ3n) is 4.52. The molecule has 1 aliphatic heterocycles. The minimum atomic E-state index is 0.303. The lowest BCUT2D eigenvalue weighted by Crippen LogP contribution is -2.34. The predicted molar refractivity (Wildman–Crippen MR) is 92.6 cm³/mol. The molecule has 1 aliphatic rings. The first-order valence-electron chi connectivity index (χ1n) is 8.49. The molecule has 0 amide bonds. The van der Waals surface area contributed by atoms with E-state index in [9.17, 15) is 5.11 Å². The predicted octanol–water partition coefficient (Wildman–Crippen LogP) is 3.54. The number of aromatic nitrogens is 2. The molecule has 1 aromatic carbocycles. The quantitative estimate of drug-likeness (QED) is 0.907. The molecule has 0 aliphatic carbocycles. The highest BCUT2D eigenvalue weighted by atomic mass is 16.3. The second-order valence-electron chi connectivity index (χ2n) is 6.52. The van der Waals surface area contributed by atoms with E-state index in [4.69, 9.17) is 0 Å². The molecule has 1 fully saturated rings. The van der Waals surface area contributed by atoms with Crippen molar-refractivity contribution in [2.75, 3.05) is 6.54 Å².